The summed E-state index contributed by atoms with van der Waals surface area (Å²) in [6, 6.07) is 0. The number of hydrogen-bond donors (Lipinski definition) is 1. The van der Waals surface area contributed by atoms with Crippen molar-refractivity contribution >= 4 is 17.3 Å². The lowest BCUT2D eigenvalue weighted by atomic mass is 9.95. The minimum atomic E-state index is -0.281. The maximum Gasteiger partial charge on any atom is 0.350 e. The van der Waals surface area contributed by atoms with Crippen LogP contribution in [-0.4, -0.2) is 30.3 Å². The fraction of sp³-hybridized carbons (Fsp3) is 0.692. The molecule has 19 heavy (non-hydrogen) atoms. The van der Waals surface area contributed by atoms with Crippen molar-refractivity contribution < 1.29 is 14.3 Å². The molecule has 0 amide bonds. The van der Waals surface area contributed by atoms with Gasteiger partial charge in [-0.05, 0) is 26.2 Å². The lowest BCUT2D eigenvalue weighted by Crippen LogP contribution is -2.29. The number of aromatic nitrogens is 1. The number of nitrogens with two attached hydrogens (primary N) is 1. The first-order valence-corrected chi connectivity index (χ1v) is 7.35. The van der Waals surface area contributed by atoms with E-state index in [2.05, 4.69) is 4.98 Å². The summed E-state index contributed by atoms with van der Waals surface area (Å²) in [5.74, 6) is -0.281. The Morgan fingerprint density at radius 3 is 2.84 bits per heavy atom. The van der Waals surface area contributed by atoms with Crippen LogP contribution >= 0.6 is 11.3 Å². The van der Waals surface area contributed by atoms with Gasteiger partial charge in [0.25, 0.3) is 0 Å². The molecule has 0 bridgehead atoms. The minimum absolute atomic E-state index is 0.0472. The third-order valence-electron chi connectivity index (χ3n) is 3.39. The third kappa shape index (κ3) is 3.52. The molecule has 1 saturated carbocycles. The normalized spacial score (nSPS) is 23.3. The topological polar surface area (TPSA) is 74.4 Å². The number of aryl methyl sites for hydroxylation is 1. The second kappa shape index (κ2) is 6.45. The van der Waals surface area contributed by atoms with Crippen molar-refractivity contribution in [2.75, 3.05) is 7.11 Å². The van der Waals surface area contributed by atoms with Gasteiger partial charge < -0.3 is 15.2 Å². The Bertz CT molecular complexity index is 447. The van der Waals surface area contributed by atoms with E-state index in [1.807, 2.05) is 6.92 Å². The van der Waals surface area contributed by atoms with Gasteiger partial charge in [-0.3, -0.25) is 0 Å². The molecule has 1 fully saturated rings. The SMILES string of the molecule is COC1CCCC(OC(=O)c2sc(CN)nc2C)C1. The van der Waals surface area contributed by atoms with Gasteiger partial charge in [0.2, 0.25) is 0 Å². The molecule has 1 aliphatic carbocycles. The molecule has 0 aromatic carbocycles. The number of rotatable bonds is 4. The lowest BCUT2D eigenvalue weighted by Gasteiger charge is -2.27. The summed E-state index contributed by atoms with van der Waals surface area (Å²) in [6.45, 7) is 2.17. The van der Waals surface area contributed by atoms with Crippen LogP contribution in [0.5, 0.6) is 0 Å². The van der Waals surface area contributed by atoms with Crippen LogP contribution in [0, 0.1) is 6.92 Å². The molecule has 1 aromatic heterocycles. The molecule has 0 aliphatic heterocycles. The molecule has 2 unspecified atom stereocenters. The number of ether oxygens (including phenoxy) is 2. The standard InChI is InChI=1S/C13H20N2O3S/c1-8-12(19-11(7-14)15-8)13(16)18-10-5-3-4-9(6-10)17-2/h9-10H,3-7,14H2,1-2H3. The van der Waals surface area contributed by atoms with E-state index in [9.17, 15) is 4.79 Å². The second-order valence-corrected chi connectivity index (χ2v) is 5.86. The van der Waals surface area contributed by atoms with Crippen LogP contribution in [-0.2, 0) is 16.0 Å². The summed E-state index contributed by atoms with van der Waals surface area (Å²) < 4.78 is 10.9. The van der Waals surface area contributed by atoms with E-state index in [-0.39, 0.29) is 18.2 Å². The van der Waals surface area contributed by atoms with E-state index in [1.54, 1.807) is 7.11 Å². The van der Waals surface area contributed by atoms with Gasteiger partial charge >= 0.3 is 5.97 Å². The molecule has 2 N–H and O–H groups in total. The van der Waals surface area contributed by atoms with Gasteiger partial charge in [-0.15, -0.1) is 11.3 Å². The van der Waals surface area contributed by atoms with Crippen molar-refractivity contribution in [3.63, 3.8) is 0 Å². The maximum absolute atomic E-state index is 12.1. The molecule has 5 nitrogen and oxygen atoms in total. The van der Waals surface area contributed by atoms with Gasteiger partial charge in [0.15, 0.2) is 0 Å². The first-order chi connectivity index (χ1) is 9.13. The molecule has 2 atom stereocenters. The summed E-state index contributed by atoms with van der Waals surface area (Å²) >= 11 is 1.32. The van der Waals surface area contributed by atoms with E-state index in [1.165, 1.54) is 11.3 Å². The van der Waals surface area contributed by atoms with Crippen LogP contribution in [0.4, 0.5) is 0 Å². The fourth-order valence-electron chi connectivity index (χ4n) is 2.36. The smallest absolute Gasteiger partial charge is 0.350 e. The van der Waals surface area contributed by atoms with E-state index < -0.39 is 0 Å². The van der Waals surface area contributed by atoms with Crippen LogP contribution in [0.2, 0.25) is 0 Å². The number of hydrogen-bond acceptors (Lipinski definition) is 6. The minimum Gasteiger partial charge on any atom is -0.458 e. The third-order valence-corrected chi connectivity index (χ3v) is 4.55. The predicted octanol–water partition coefficient (Wildman–Crippen LogP) is 2.02. The molecular formula is C13H20N2O3S. The van der Waals surface area contributed by atoms with Crippen molar-refractivity contribution in [3.05, 3.63) is 15.6 Å². The Labute approximate surface area is 117 Å². The highest BCUT2D eigenvalue weighted by Crippen LogP contribution is 2.26. The molecule has 0 saturated heterocycles. The van der Waals surface area contributed by atoms with E-state index in [0.29, 0.717) is 17.1 Å². The van der Waals surface area contributed by atoms with Crippen molar-refractivity contribution in [1.29, 1.82) is 0 Å². The monoisotopic (exact) mass is 284 g/mol. The number of carbonyl (C=O) groups excluding carboxylic acids is 1. The van der Waals surface area contributed by atoms with E-state index >= 15 is 0 Å². The van der Waals surface area contributed by atoms with Crippen molar-refractivity contribution in [2.24, 2.45) is 5.73 Å². The molecule has 1 aromatic rings. The summed E-state index contributed by atoms with van der Waals surface area (Å²) in [6.07, 6.45) is 3.92. The van der Waals surface area contributed by atoms with Crippen LogP contribution in [0.25, 0.3) is 0 Å². The van der Waals surface area contributed by atoms with Crippen molar-refractivity contribution in [3.8, 4) is 0 Å². The summed E-state index contributed by atoms with van der Waals surface area (Å²) in [7, 11) is 1.70. The van der Waals surface area contributed by atoms with Crippen LogP contribution in [0.15, 0.2) is 0 Å². The van der Waals surface area contributed by atoms with Gasteiger partial charge in [-0.1, -0.05) is 0 Å². The van der Waals surface area contributed by atoms with E-state index in [0.717, 1.165) is 30.7 Å². The fourth-order valence-corrected chi connectivity index (χ4v) is 3.18. The maximum atomic E-state index is 12.1. The quantitative estimate of drug-likeness (QED) is 0.856. The zero-order valence-electron chi connectivity index (χ0n) is 11.3. The summed E-state index contributed by atoms with van der Waals surface area (Å²) in [5.41, 5.74) is 6.24. The highest BCUT2D eigenvalue weighted by atomic mass is 32.1. The van der Waals surface area contributed by atoms with Crippen molar-refractivity contribution in [1.82, 2.24) is 4.98 Å². The van der Waals surface area contributed by atoms with E-state index in [4.69, 9.17) is 15.2 Å². The van der Waals surface area contributed by atoms with Gasteiger partial charge in [0.1, 0.15) is 16.0 Å². The lowest BCUT2D eigenvalue weighted by molar-refractivity contribution is -0.0146. The first kappa shape index (κ1) is 14.4. The summed E-state index contributed by atoms with van der Waals surface area (Å²) in [5, 5.41) is 0.767. The van der Waals surface area contributed by atoms with Crippen LogP contribution < -0.4 is 5.73 Å². The highest BCUT2D eigenvalue weighted by molar-refractivity contribution is 7.13. The molecule has 1 heterocycles. The summed E-state index contributed by atoms with van der Waals surface area (Å²) in [4.78, 5) is 16.9. The molecular weight excluding hydrogens is 264 g/mol. The van der Waals surface area contributed by atoms with Gasteiger partial charge in [0.05, 0.1) is 11.8 Å². The number of thiazole rings is 1. The molecule has 2 rings (SSSR count). The molecule has 106 valence electrons. The Morgan fingerprint density at radius 2 is 2.21 bits per heavy atom. The number of carbonyl (C=O) groups is 1. The molecule has 0 radical (unpaired) electrons. The second-order valence-electron chi connectivity index (χ2n) is 4.78. The van der Waals surface area contributed by atoms with Gasteiger partial charge in [-0.25, -0.2) is 9.78 Å². The Kier molecular flexibility index (Phi) is 4.90. The number of methoxy groups -OCH3 is 1. The first-order valence-electron chi connectivity index (χ1n) is 6.54. The zero-order valence-corrected chi connectivity index (χ0v) is 12.2. The largest absolute Gasteiger partial charge is 0.458 e. The molecule has 0 spiro atoms. The number of esters is 1. The highest BCUT2D eigenvalue weighted by Gasteiger charge is 2.26. The van der Waals surface area contributed by atoms with Crippen LogP contribution in [0.1, 0.15) is 46.1 Å². The molecule has 6 heteroatoms. The average molecular weight is 284 g/mol. The van der Waals surface area contributed by atoms with Crippen molar-refractivity contribution in [2.45, 2.75) is 51.4 Å². The van der Waals surface area contributed by atoms with Gasteiger partial charge in [-0.2, -0.15) is 0 Å². The van der Waals surface area contributed by atoms with Gasteiger partial charge in [0, 0.05) is 20.1 Å². The predicted molar refractivity (Wildman–Crippen MR) is 73.2 cm³/mol. The Balaban J connectivity index is 1.98. The Morgan fingerprint density at radius 1 is 1.47 bits per heavy atom. The molecule has 1 aliphatic rings. The zero-order chi connectivity index (χ0) is 13.8. The Hall–Kier alpha value is -0.980. The van der Waals surface area contributed by atoms with Crippen LogP contribution in [0.3, 0.4) is 0 Å². The average Bonchev–Trinajstić information content (AvgIpc) is 2.80. The number of nitrogens with zero attached hydrogens (tertiary/aromatic N) is 1.